The van der Waals surface area contributed by atoms with E-state index in [1.165, 1.54) is 231 Å². The molecule has 0 radical (unpaired) electrons. The second-order valence-electron chi connectivity index (χ2n) is 20.6. The summed E-state index contributed by atoms with van der Waals surface area (Å²) in [6, 6.07) is 0. The van der Waals surface area contributed by atoms with E-state index in [0.29, 0.717) is 19.3 Å². The molecule has 0 saturated carbocycles. The van der Waals surface area contributed by atoms with Gasteiger partial charge in [-0.05, 0) is 64.2 Å². The molecule has 0 aliphatic carbocycles. The van der Waals surface area contributed by atoms with Crippen LogP contribution in [0.1, 0.15) is 335 Å². The zero-order valence-electron chi connectivity index (χ0n) is 45.9. The number of rotatable bonds is 56. The molecule has 0 bridgehead atoms. The van der Waals surface area contributed by atoms with Crippen molar-refractivity contribution in [1.82, 2.24) is 0 Å². The molecule has 0 heterocycles. The Morgan fingerprint density at radius 2 is 0.500 bits per heavy atom. The summed E-state index contributed by atoms with van der Waals surface area (Å²) in [5, 5.41) is 0. The smallest absolute Gasteiger partial charge is 0.306 e. The molecule has 6 nitrogen and oxygen atoms in total. The van der Waals surface area contributed by atoms with Gasteiger partial charge < -0.3 is 14.2 Å². The minimum Gasteiger partial charge on any atom is -0.462 e. The van der Waals surface area contributed by atoms with E-state index in [1.807, 2.05) is 0 Å². The van der Waals surface area contributed by atoms with Gasteiger partial charge in [-0.3, -0.25) is 14.4 Å². The van der Waals surface area contributed by atoms with E-state index in [0.717, 1.165) is 64.2 Å². The highest BCUT2D eigenvalue weighted by Crippen LogP contribution is 2.17. The summed E-state index contributed by atoms with van der Waals surface area (Å²) in [5.41, 5.74) is 0. The maximum Gasteiger partial charge on any atom is 0.306 e. The molecular weight excluding hydrogens is 841 g/mol. The fourth-order valence-electron chi connectivity index (χ4n) is 9.07. The minimum atomic E-state index is -0.770. The van der Waals surface area contributed by atoms with Crippen LogP contribution in [0.3, 0.4) is 0 Å². The summed E-state index contributed by atoms with van der Waals surface area (Å²) < 4.78 is 16.9. The number of esters is 3. The number of hydrogen-bond donors (Lipinski definition) is 0. The van der Waals surface area contributed by atoms with Crippen molar-refractivity contribution in [2.24, 2.45) is 0 Å². The molecule has 68 heavy (non-hydrogen) atoms. The van der Waals surface area contributed by atoms with Crippen molar-refractivity contribution in [3.05, 3.63) is 24.3 Å². The van der Waals surface area contributed by atoms with Crippen LogP contribution in [0.15, 0.2) is 24.3 Å². The molecule has 0 aliphatic rings. The summed E-state index contributed by atoms with van der Waals surface area (Å²) in [5.74, 6) is -0.859. The van der Waals surface area contributed by atoms with Crippen LogP contribution in [0.2, 0.25) is 0 Å². The van der Waals surface area contributed by atoms with Crippen molar-refractivity contribution < 1.29 is 28.6 Å². The fourth-order valence-corrected chi connectivity index (χ4v) is 9.07. The molecule has 6 heteroatoms. The Labute approximate surface area is 423 Å². The van der Waals surface area contributed by atoms with E-state index < -0.39 is 6.10 Å². The molecule has 0 rings (SSSR count). The average Bonchev–Trinajstić information content (AvgIpc) is 3.34. The summed E-state index contributed by atoms with van der Waals surface area (Å²) in [6.07, 6.45) is 67.6. The van der Waals surface area contributed by atoms with E-state index in [4.69, 9.17) is 14.2 Å². The Morgan fingerprint density at radius 1 is 0.279 bits per heavy atom. The highest BCUT2D eigenvalue weighted by atomic mass is 16.6. The van der Waals surface area contributed by atoms with Gasteiger partial charge in [0.2, 0.25) is 0 Å². The molecule has 0 saturated heterocycles. The maximum atomic E-state index is 12.8. The number of unbranched alkanes of at least 4 members (excludes halogenated alkanes) is 41. The van der Waals surface area contributed by atoms with Gasteiger partial charge in [0.15, 0.2) is 6.10 Å². The van der Waals surface area contributed by atoms with Gasteiger partial charge in [-0.15, -0.1) is 0 Å². The zero-order valence-corrected chi connectivity index (χ0v) is 45.9. The number of allylic oxidation sites excluding steroid dienone is 4. The average molecular weight is 958 g/mol. The predicted octanol–water partition coefficient (Wildman–Crippen LogP) is 20.3. The third kappa shape index (κ3) is 54.8. The molecule has 0 aromatic heterocycles. The van der Waals surface area contributed by atoms with Gasteiger partial charge in [-0.1, -0.05) is 276 Å². The van der Waals surface area contributed by atoms with Crippen molar-refractivity contribution >= 4 is 17.9 Å². The summed E-state index contributed by atoms with van der Waals surface area (Å²) in [7, 11) is 0. The van der Waals surface area contributed by atoms with Gasteiger partial charge in [-0.25, -0.2) is 0 Å². The zero-order chi connectivity index (χ0) is 49.3. The van der Waals surface area contributed by atoms with Gasteiger partial charge in [0.05, 0.1) is 0 Å². The lowest BCUT2D eigenvalue weighted by molar-refractivity contribution is -0.167. The summed E-state index contributed by atoms with van der Waals surface area (Å²) >= 11 is 0. The van der Waals surface area contributed by atoms with E-state index in [-0.39, 0.29) is 31.1 Å². The van der Waals surface area contributed by atoms with Gasteiger partial charge in [0.25, 0.3) is 0 Å². The third-order valence-corrected chi connectivity index (χ3v) is 13.7. The fraction of sp³-hybridized carbons (Fsp3) is 0.887. The lowest BCUT2D eigenvalue weighted by Crippen LogP contribution is -2.30. The van der Waals surface area contributed by atoms with E-state index in [2.05, 4.69) is 45.1 Å². The SMILES string of the molecule is CCCC/C=C\CCCCCCCC(=O)OCC(COC(=O)CCCCCCCCCCCCCCC/C=C\CCCCCCCCCC)OC(=O)CCCCCCCCCCCCCCCC. The van der Waals surface area contributed by atoms with Crippen LogP contribution >= 0.6 is 0 Å². The first-order valence-electron chi connectivity index (χ1n) is 30.3. The number of ether oxygens (including phenoxy) is 3. The molecule has 0 aromatic carbocycles. The molecule has 1 atom stereocenters. The lowest BCUT2D eigenvalue weighted by atomic mass is 10.0. The number of carbonyl (C=O) groups excluding carboxylic acids is 3. The molecule has 0 aromatic rings. The monoisotopic (exact) mass is 957 g/mol. The lowest BCUT2D eigenvalue weighted by Gasteiger charge is -2.18. The Balaban J connectivity index is 4.17. The maximum absolute atomic E-state index is 12.8. The number of carbonyl (C=O) groups is 3. The Morgan fingerprint density at radius 3 is 0.779 bits per heavy atom. The van der Waals surface area contributed by atoms with Crippen molar-refractivity contribution in [3.63, 3.8) is 0 Å². The van der Waals surface area contributed by atoms with Crippen LogP contribution in [0.5, 0.6) is 0 Å². The summed E-state index contributed by atoms with van der Waals surface area (Å²) in [6.45, 7) is 6.64. The van der Waals surface area contributed by atoms with Crippen molar-refractivity contribution in [2.75, 3.05) is 13.2 Å². The van der Waals surface area contributed by atoms with Crippen molar-refractivity contribution in [2.45, 2.75) is 341 Å². The first-order valence-corrected chi connectivity index (χ1v) is 30.3. The van der Waals surface area contributed by atoms with Crippen molar-refractivity contribution in [3.8, 4) is 0 Å². The minimum absolute atomic E-state index is 0.0692. The van der Waals surface area contributed by atoms with E-state index >= 15 is 0 Å². The predicted molar refractivity (Wildman–Crippen MR) is 293 cm³/mol. The quantitative estimate of drug-likeness (QED) is 0.0262. The van der Waals surface area contributed by atoms with Gasteiger partial charge >= 0.3 is 17.9 Å². The second kappa shape index (κ2) is 57.5. The van der Waals surface area contributed by atoms with Gasteiger partial charge in [-0.2, -0.15) is 0 Å². The topological polar surface area (TPSA) is 78.9 Å². The molecule has 0 aliphatic heterocycles. The Hall–Kier alpha value is -2.11. The molecule has 1 unspecified atom stereocenters. The van der Waals surface area contributed by atoms with Crippen LogP contribution in [-0.2, 0) is 28.6 Å². The Bertz CT molecular complexity index is 1100. The highest BCUT2D eigenvalue weighted by Gasteiger charge is 2.19. The Kier molecular flexibility index (Phi) is 55.7. The number of hydrogen-bond acceptors (Lipinski definition) is 6. The van der Waals surface area contributed by atoms with E-state index in [9.17, 15) is 14.4 Å². The normalized spacial score (nSPS) is 12.1. The van der Waals surface area contributed by atoms with Crippen LogP contribution in [0, 0.1) is 0 Å². The first kappa shape index (κ1) is 65.9. The van der Waals surface area contributed by atoms with Crippen molar-refractivity contribution in [1.29, 1.82) is 0 Å². The first-order chi connectivity index (χ1) is 33.5. The summed E-state index contributed by atoms with van der Waals surface area (Å²) in [4.78, 5) is 38.1. The molecule has 400 valence electrons. The standard InChI is InChI=1S/C62H116O6/c1-4-7-10-13-16-19-22-24-26-27-28-29-30-31-32-33-34-35-36-38-40-43-46-49-52-55-61(64)67-58-59(57-66-60(63)54-51-48-45-42-39-21-18-15-12-9-6-3)68-62(65)56-53-50-47-44-41-37-25-23-20-17-14-11-8-5-2/h15,18,27-28,59H,4-14,16-17,19-26,29-58H2,1-3H3/b18-15-,28-27-. The van der Waals surface area contributed by atoms with Crippen LogP contribution in [0.4, 0.5) is 0 Å². The molecular formula is C62H116O6. The molecule has 0 spiro atoms. The van der Waals surface area contributed by atoms with Gasteiger partial charge in [0.1, 0.15) is 13.2 Å². The van der Waals surface area contributed by atoms with Gasteiger partial charge in [0, 0.05) is 19.3 Å². The van der Waals surface area contributed by atoms with Crippen LogP contribution in [-0.4, -0.2) is 37.2 Å². The molecule has 0 amide bonds. The largest absolute Gasteiger partial charge is 0.462 e. The highest BCUT2D eigenvalue weighted by molar-refractivity contribution is 5.71. The third-order valence-electron chi connectivity index (χ3n) is 13.7. The molecule has 0 fully saturated rings. The second-order valence-corrected chi connectivity index (χ2v) is 20.6. The van der Waals surface area contributed by atoms with Crippen LogP contribution in [0.25, 0.3) is 0 Å². The molecule has 0 N–H and O–H groups in total. The van der Waals surface area contributed by atoms with E-state index in [1.54, 1.807) is 0 Å². The van der Waals surface area contributed by atoms with Crippen LogP contribution < -0.4 is 0 Å².